The minimum atomic E-state index is 0.494. The molecule has 2 nitrogen and oxygen atoms in total. The Labute approximate surface area is 113 Å². The SMILES string of the molecule is Cc1cc(C)c(NF)c(Nc2c(C)cccc2C)c1. The molecule has 0 fully saturated rings. The predicted octanol–water partition coefficient (Wildman–Crippen LogP) is 4.96. The highest BCUT2D eigenvalue weighted by atomic mass is 19.2. The lowest BCUT2D eigenvalue weighted by atomic mass is 10.1. The molecule has 19 heavy (non-hydrogen) atoms. The number of para-hydroxylation sites is 1. The van der Waals surface area contributed by atoms with E-state index < -0.39 is 0 Å². The molecule has 0 bridgehead atoms. The number of anilines is 3. The average Bonchev–Trinajstić information content (AvgIpc) is 2.33. The lowest BCUT2D eigenvalue weighted by Gasteiger charge is -2.17. The van der Waals surface area contributed by atoms with Gasteiger partial charge in [-0.05, 0) is 56.0 Å². The van der Waals surface area contributed by atoms with Crippen molar-refractivity contribution in [3.8, 4) is 0 Å². The standard InChI is InChI=1S/C16H19FN2/c1-10-8-13(4)16(19-17)14(9-10)18-15-11(2)6-5-7-12(15)3/h5-9,18-19H,1-4H3. The Morgan fingerprint density at radius 1 is 0.842 bits per heavy atom. The fraction of sp³-hybridized carbons (Fsp3) is 0.250. The molecule has 2 aromatic carbocycles. The number of hydrogen-bond donors (Lipinski definition) is 2. The van der Waals surface area contributed by atoms with Gasteiger partial charge in [0.25, 0.3) is 0 Å². The van der Waals surface area contributed by atoms with Gasteiger partial charge in [0.15, 0.2) is 0 Å². The molecule has 3 heteroatoms. The Kier molecular flexibility index (Phi) is 3.74. The van der Waals surface area contributed by atoms with Crippen LogP contribution in [0.3, 0.4) is 0 Å². The highest BCUT2D eigenvalue weighted by molar-refractivity contribution is 5.79. The van der Waals surface area contributed by atoms with Gasteiger partial charge < -0.3 is 5.32 Å². The summed E-state index contributed by atoms with van der Waals surface area (Å²) >= 11 is 0. The third-order valence-corrected chi connectivity index (χ3v) is 3.32. The zero-order valence-electron chi connectivity index (χ0n) is 11.8. The summed E-state index contributed by atoms with van der Waals surface area (Å²) < 4.78 is 13.0. The zero-order chi connectivity index (χ0) is 14.0. The maximum Gasteiger partial charge on any atom is 0.0919 e. The maximum atomic E-state index is 13.0. The number of hydrogen-bond acceptors (Lipinski definition) is 2. The Morgan fingerprint density at radius 2 is 1.47 bits per heavy atom. The Bertz CT molecular complexity index is 586. The molecule has 0 spiro atoms. The first-order valence-corrected chi connectivity index (χ1v) is 6.34. The molecule has 0 saturated heterocycles. The molecule has 0 aliphatic carbocycles. The maximum absolute atomic E-state index is 13.0. The van der Waals surface area contributed by atoms with Crippen LogP contribution in [0.2, 0.25) is 0 Å². The summed E-state index contributed by atoms with van der Waals surface area (Å²) in [4.78, 5) is 0. The minimum absolute atomic E-state index is 0.494. The van der Waals surface area contributed by atoms with Crippen molar-refractivity contribution >= 4 is 17.1 Å². The fourth-order valence-electron chi connectivity index (χ4n) is 2.34. The van der Waals surface area contributed by atoms with E-state index in [4.69, 9.17) is 0 Å². The number of rotatable bonds is 3. The van der Waals surface area contributed by atoms with E-state index in [1.807, 2.05) is 58.0 Å². The first-order chi connectivity index (χ1) is 9.02. The van der Waals surface area contributed by atoms with Gasteiger partial charge >= 0.3 is 0 Å². The smallest absolute Gasteiger partial charge is 0.0919 e. The van der Waals surface area contributed by atoms with Crippen molar-refractivity contribution in [2.75, 3.05) is 10.9 Å². The predicted molar refractivity (Wildman–Crippen MR) is 79.8 cm³/mol. The summed E-state index contributed by atoms with van der Waals surface area (Å²) in [6.07, 6.45) is 0. The molecule has 0 aliphatic rings. The first kappa shape index (κ1) is 13.4. The van der Waals surface area contributed by atoms with E-state index in [0.29, 0.717) is 5.69 Å². The summed E-state index contributed by atoms with van der Waals surface area (Å²) in [7, 11) is 0. The van der Waals surface area contributed by atoms with Crippen molar-refractivity contribution in [1.29, 1.82) is 0 Å². The van der Waals surface area contributed by atoms with E-state index in [-0.39, 0.29) is 0 Å². The summed E-state index contributed by atoms with van der Waals surface area (Å²) in [5.41, 5.74) is 8.35. The van der Waals surface area contributed by atoms with Gasteiger partial charge in [-0.1, -0.05) is 24.3 Å². The second-order valence-corrected chi connectivity index (χ2v) is 4.99. The molecular formula is C16H19FN2. The Morgan fingerprint density at radius 3 is 2.05 bits per heavy atom. The van der Waals surface area contributed by atoms with Gasteiger partial charge in [-0.3, -0.25) is 0 Å². The molecule has 0 atom stereocenters. The van der Waals surface area contributed by atoms with E-state index in [2.05, 4.69) is 5.32 Å². The van der Waals surface area contributed by atoms with Crippen LogP contribution in [-0.4, -0.2) is 0 Å². The average molecular weight is 258 g/mol. The van der Waals surface area contributed by atoms with Crippen LogP contribution in [-0.2, 0) is 0 Å². The molecule has 0 heterocycles. The molecule has 2 aromatic rings. The summed E-state index contributed by atoms with van der Waals surface area (Å²) in [5.74, 6) is 0. The molecule has 0 radical (unpaired) electrons. The summed E-state index contributed by atoms with van der Waals surface area (Å²) in [6, 6.07) is 10.0. The number of aryl methyl sites for hydroxylation is 4. The molecule has 0 unspecified atom stereocenters. The number of benzene rings is 2. The monoisotopic (exact) mass is 258 g/mol. The lowest BCUT2D eigenvalue weighted by Crippen LogP contribution is -2.00. The van der Waals surface area contributed by atoms with E-state index in [1.54, 1.807) is 5.54 Å². The van der Waals surface area contributed by atoms with Gasteiger partial charge in [-0.2, -0.15) is 0 Å². The molecule has 2 rings (SSSR count). The van der Waals surface area contributed by atoms with Crippen LogP contribution in [0.4, 0.5) is 21.5 Å². The topological polar surface area (TPSA) is 24.1 Å². The fourth-order valence-corrected chi connectivity index (χ4v) is 2.34. The van der Waals surface area contributed by atoms with Crippen molar-refractivity contribution in [3.63, 3.8) is 0 Å². The lowest BCUT2D eigenvalue weighted by molar-refractivity contribution is 0.617. The van der Waals surface area contributed by atoms with E-state index in [0.717, 1.165) is 33.6 Å². The molecule has 2 N–H and O–H groups in total. The normalized spacial score (nSPS) is 10.4. The van der Waals surface area contributed by atoms with E-state index >= 15 is 0 Å². The van der Waals surface area contributed by atoms with Crippen LogP contribution >= 0.6 is 0 Å². The van der Waals surface area contributed by atoms with E-state index in [9.17, 15) is 4.48 Å². The van der Waals surface area contributed by atoms with Crippen LogP contribution in [0.25, 0.3) is 0 Å². The third-order valence-electron chi connectivity index (χ3n) is 3.32. The van der Waals surface area contributed by atoms with Crippen molar-refractivity contribution in [3.05, 3.63) is 52.6 Å². The number of nitrogens with one attached hydrogen (secondary N) is 2. The molecular weight excluding hydrogens is 239 g/mol. The highest BCUT2D eigenvalue weighted by Crippen LogP contribution is 2.32. The largest absolute Gasteiger partial charge is 0.353 e. The molecule has 0 aliphatic heterocycles. The minimum Gasteiger partial charge on any atom is -0.353 e. The van der Waals surface area contributed by atoms with Gasteiger partial charge in [0.1, 0.15) is 0 Å². The van der Waals surface area contributed by atoms with Crippen molar-refractivity contribution in [1.82, 2.24) is 0 Å². The van der Waals surface area contributed by atoms with Gasteiger partial charge in [0.05, 0.1) is 11.4 Å². The van der Waals surface area contributed by atoms with Gasteiger partial charge in [-0.15, -0.1) is 4.48 Å². The van der Waals surface area contributed by atoms with Gasteiger partial charge in [-0.25, -0.2) is 5.54 Å². The van der Waals surface area contributed by atoms with E-state index in [1.165, 1.54) is 0 Å². The van der Waals surface area contributed by atoms with Crippen molar-refractivity contribution < 1.29 is 4.48 Å². The summed E-state index contributed by atoms with van der Waals surface area (Å²) in [6.45, 7) is 7.98. The summed E-state index contributed by atoms with van der Waals surface area (Å²) in [5, 5.41) is 3.34. The highest BCUT2D eigenvalue weighted by Gasteiger charge is 2.09. The number of halogens is 1. The van der Waals surface area contributed by atoms with Gasteiger partial charge in [0.2, 0.25) is 0 Å². The van der Waals surface area contributed by atoms with Crippen LogP contribution in [0, 0.1) is 27.7 Å². The quantitative estimate of drug-likeness (QED) is 0.760. The molecule has 0 saturated carbocycles. The third kappa shape index (κ3) is 2.70. The second-order valence-electron chi connectivity index (χ2n) is 4.99. The molecule has 100 valence electrons. The Balaban J connectivity index is 2.49. The molecule has 0 aromatic heterocycles. The zero-order valence-corrected chi connectivity index (χ0v) is 11.8. The van der Waals surface area contributed by atoms with Crippen LogP contribution in [0.15, 0.2) is 30.3 Å². The molecule has 0 amide bonds. The second kappa shape index (κ2) is 5.31. The van der Waals surface area contributed by atoms with Crippen LogP contribution in [0.1, 0.15) is 22.3 Å². The first-order valence-electron chi connectivity index (χ1n) is 6.34. The van der Waals surface area contributed by atoms with Crippen molar-refractivity contribution in [2.45, 2.75) is 27.7 Å². The van der Waals surface area contributed by atoms with Crippen LogP contribution in [0.5, 0.6) is 0 Å². The van der Waals surface area contributed by atoms with Crippen LogP contribution < -0.4 is 10.9 Å². The van der Waals surface area contributed by atoms with Gasteiger partial charge in [0, 0.05) is 5.69 Å². The Hall–Kier alpha value is -2.03. The van der Waals surface area contributed by atoms with Crippen molar-refractivity contribution in [2.24, 2.45) is 0 Å².